The molecule has 0 bridgehead atoms. The molecule has 0 aliphatic rings. The number of rotatable bonds is 2. The van der Waals surface area contributed by atoms with Crippen molar-refractivity contribution < 1.29 is 36.4 Å². The minimum absolute atomic E-state index is 0. The molecule has 0 aliphatic carbocycles. The maximum absolute atomic E-state index is 12.0. The molecule has 35 heavy (non-hydrogen) atoms. The molecular weight excluding hydrogens is 482 g/mol. The molecule has 2 nitrogen and oxygen atoms in total. The Bertz CT molecular complexity index is 933. The van der Waals surface area contributed by atoms with Gasteiger partial charge in [-0.25, -0.2) is 32.0 Å². The summed E-state index contributed by atoms with van der Waals surface area (Å²) >= 11 is 0. The summed E-state index contributed by atoms with van der Waals surface area (Å²) in [4.78, 5) is 0. The van der Waals surface area contributed by atoms with E-state index in [2.05, 4.69) is 77.9 Å². The Balaban J connectivity index is 0.000000437. The smallest absolute Gasteiger partial charge is 0.508 e. The van der Waals surface area contributed by atoms with Crippen LogP contribution in [0.3, 0.4) is 0 Å². The number of benzene rings is 2. The average molecular weight is 519 g/mol. The maximum atomic E-state index is 12.0. The van der Waals surface area contributed by atoms with Crippen LogP contribution in [-0.2, 0) is 17.4 Å². The number of hydrogen-bond acceptors (Lipinski definition) is 2. The third-order valence-corrected chi connectivity index (χ3v) is 4.85. The summed E-state index contributed by atoms with van der Waals surface area (Å²) in [6, 6.07) is 23.2. The van der Waals surface area contributed by atoms with Crippen LogP contribution in [0.5, 0.6) is 11.5 Å². The van der Waals surface area contributed by atoms with E-state index < -0.39 is 0 Å². The van der Waals surface area contributed by atoms with Crippen LogP contribution in [0.25, 0.3) is 0 Å². The van der Waals surface area contributed by atoms with Crippen molar-refractivity contribution in [2.45, 2.75) is 53.4 Å². The first kappa shape index (κ1) is 32.1. The molecule has 4 aromatic carbocycles. The van der Waals surface area contributed by atoms with Gasteiger partial charge in [0.1, 0.15) is 23.1 Å². The molecule has 0 fully saturated rings. The average Bonchev–Trinajstić information content (AvgIpc) is 3.42. The second-order valence-electron chi connectivity index (χ2n) is 8.71. The van der Waals surface area contributed by atoms with Crippen LogP contribution in [0.15, 0.2) is 84.9 Å². The van der Waals surface area contributed by atoms with Crippen molar-refractivity contribution >= 4 is 0 Å². The number of halogens is 2. The second-order valence-corrected chi connectivity index (χ2v) is 8.71. The van der Waals surface area contributed by atoms with Crippen LogP contribution in [0.4, 0.5) is 8.78 Å². The Hall–Kier alpha value is -2.87. The first-order chi connectivity index (χ1) is 16.0. The minimum atomic E-state index is -0.331. The SMILES string of the molecule is Cc1c[cH-]c(C(C)C)c1.Cc1c[cH-]c(C(C)C)c1.Oc1ccc(F)cc1.Oc1ccc(F)cc1.[Cr+2]. The molecule has 0 unspecified atom stereocenters. The van der Waals surface area contributed by atoms with Gasteiger partial charge in [0, 0.05) is 0 Å². The van der Waals surface area contributed by atoms with E-state index in [1.54, 1.807) is 0 Å². The van der Waals surface area contributed by atoms with Gasteiger partial charge in [-0.05, 0) is 60.4 Å². The van der Waals surface area contributed by atoms with Gasteiger partial charge in [-0.3, -0.25) is 0 Å². The largest absolute Gasteiger partial charge is 2.00 e. The van der Waals surface area contributed by atoms with Crippen LogP contribution in [-0.4, -0.2) is 10.2 Å². The molecule has 0 aliphatic heterocycles. The monoisotopic (exact) mass is 518 g/mol. The van der Waals surface area contributed by atoms with Gasteiger partial charge in [-0.15, -0.1) is 0 Å². The zero-order valence-electron chi connectivity index (χ0n) is 21.3. The minimum Gasteiger partial charge on any atom is -0.508 e. The molecular formula is C30H36CrF2O2. The van der Waals surface area contributed by atoms with E-state index in [1.807, 2.05) is 0 Å². The van der Waals surface area contributed by atoms with Crippen molar-refractivity contribution in [3.8, 4) is 11.5 Å². The summed E-state index contributed by atoms with van der Waals surface area (Å²) < 4.78 is 24.0. The van der Waals surface area contributed by atoms with Crippen molar-refractivity contribution in [2.24, 2.45) is 0 Å². The van der Waals surface area contributed by atoms with Crippen LogP contribution in [0, 0.1) is 25.5 Å². The third-order valence-electron chi connectivity index (χ3n) is 4.85. The Morgan fingerprint density at radius 3 is 1.03 bits per heavy atom. The van der Waals surface area contributed by atoms with Gasteiger partial charge in [0.05, 0.1) is 0 Å². The molecule has 0 saturated heterocycles. The van der Waals surface area contributed by atoms with Crippen LogP contribution < -0.4 is 0 Å². The Labute approximate surface area is 219 Å². The van der Waals surface area contributed by atoms with Crippen molar-refractivity contribution in [2.75, 3.05) is 0 Å². The fraction of sp³-hybridized carbons (Fsp3) is 0.267. The van der Waals surface area contributed by atoms with Gasteiger partial charge in [-0.2, -0.15) is 35.4 Å². The molecule has 0 atom stereocenters. The van der Waals surface area contributed by atoms with Crippen LogP contribution >= 0.6 is 0 Å². The Kier molecular flexibility index (Phi) is 15.3. The molecule has 0 heterocycles. The summed E-state index contributed by atoms with van der Waals surface area (Å²) in [5, 5.41) is 17.2. The van der Waals surface area contributed by atoms with E-state index >= 15 is 0 Å². The summed E-state index contributed by atoms with van der Waals surface area (Å²) in [7, 11) is 0. The summed E-state index contributed by atoms with van der Waals surface area (Å²) in [5.41, 5.74) is 5.65. The second kappa shape index (κ2) is 16.7. The molecule has 0 radical (unpaired) electrons. The number of aryl methyl sites for hydroxylation is 2. The van der Waals surface area contributed by atoms with Crippen LogP contribution in [0.2, 0.25) is 0 Å². The van der Waals surface area contributed by atoms with E-state index in [0.29, 0.717) is 11.8 Å². The molecule has 4 aromatic rings. The normalized spacial score (nSPS) is 9.66. The topological polar surface area (TPSA) is 40.5 Å². The van der Waals surface area contributed by atoms with Gasteiger partial charge < -0.3 is 10.2 Å². The molecule has 4 rings (SSSR count). The van der Waals surface area contributed by atoms with E-state index in [0.717, 1.165) is 0 Å². The zero-order valence-corrected chi connectivity index (χ0v) is 22.6. The van der Waals surface area contributed by atoms with Crippen molar-refractivity contribution in [1.29, 1.82) is 0 Å². The fourth-order valence-electron chi connectivity index (χ4n) is 2.77. The fourth-order valence-corrected chi connectivity index (χ4v) is 2.77. The van der Waals surface area contributed by atoms with Gasteiger partial charge >= 0.3 is 17.4 Å². The number of phenolic OH excluding ortho intramolecular Hbond substituents is 2. The van der Waals surface area contributed by atoms with E-state index in [-0.39, 0.29) is 40.5 Å². The van der Waals surface area contributed by atoms with Crippen LogP contribution in [0.1, 0.15) is 61.8 Å². The number of phenols is 2. The standard InChI is InChI=1S/2C9H13.2C6H5FO.Cr/c2*1-7(2)9-5-4-8(3)6-9;2*7-5-1-3-6(8)4-2-5;/h2*4-7H,1-3H3;2*1-4,8H;/q2*-1;;;+2. The zero-order chi connectivity index (χ0) is 25.7. The molecule has 0 amide bonds. The molecule has 2 N–H and O–H groups in total. The van der Waals surface area contributed by atoms with Crippen molar-refractivity contribution in [3.05, 3.63) is 119 Å². The van der Waals surface area contributed by atoms with Gasteiger partial charge in [0.2, 0.25) is 0 Å². The molecule has 0 saturated carbocycles. The molecule has 0 spiro atoms. The number of aromatic hydroxyl groups is 2. The van der Waals surface area contributed by atoms with Gasteiger partial charge in [-0.1, -0.05) is 41.5 Å². The molecule has 0 aromatic heterocycles. The van der Waals surface area contributed by atoms with Crippen molar-refractivity contribution in [1.82, 2.24) is 0 Å². The Morgan fingerprint density at radius 1 is 0.600 bits per heavy atom. The predicted molar refractivity (Wildman–Crippen MR) is 138 cm³/mol. The van der Waals surface area contributed by atoms with Gasteiger partial charge in [0.25, 0.3) is 0 Å². The van der Waals surface area contributed by atoms with E-state index in [1.165, 1.54) is 70.8 Å². The Morgan fingerprint density at radius 2 is 0.886 bits per heavy atom. The van der Waals surface area contributed by atoms with E-state index in [9.17, 15) is 8.78 Å². The predicted octanol–water partition coefficient (Wildman–Crippen LogP) is 8.73. The summed E-state index contributed by atoms with van der Waals surface area (Å²) in [6.45, 7) is 13.1. The number of hydrogen-bond donors (Lipinski definition) is 2. The summed E-state index contributed by atoms with van der Waals surface area (Å²) in [6.07, 6.45) is 0. The third kappa shape index (κ3) is 14.2. The summed E-state index contributed by atoms with van der Waals surface area (Å²) in [5.74, 6) is 0.876. The van der Waals surface area contributed by atoms with E-state index in [4.69, 9.17) is 10.2 Å². The quantitative estimate of drug-likeness (QED) is 0.261. The first-order valence-corrected chi connectivity index (χ1v) is 11.3. The molecule has 188 valence electrons. The van der Waals surface area contributed by atoms with Gasteiger partial charge in [0.15, 0.2) is 0 Å². The first-order valence-electron chi connectivity index (χ1n) is 11.3. The molecule has 5 heteroatoms. The maximum Gasteiger partial charge on any atom is 2.00 e. The van der Waals surface area contributed by atoms with Crippen molar-refractivity contribution in [3.63, 3.8) is 0 Å².